The fraction of sp³-hybridized carbons (Fsp3) is 0.100. The molecule has 0 saturated heterocycles. The van der Waals surface area contributed by atoms with Crippen molar-refractivity contribution in [1.29, 1.82) is 5.26 Å². The number of carbonyl (C=O) groups is 1. The van der Waals surface area contributed by atoms with Crippen molar-refractivity contribution in [1.82, 2.24) is 9.78 Å². The van der Waals surface area contributed by atoms with Crippen molar-refractivity contribution in [2.45, 2.75) is 6.54 Å². The van der Waals surface area contributed by atoms with Gasteiger partial charge in [-0.15, -0.1) is 0 Å². The summed E-state index contributed by atoms with van der Waals surface area (Å²) in [6.07, 6.45) is 0. The Labute approximate surface area is 155 Å². The molecule has 0 radical (unpaired) electrons. The van der Waals surface area contributed by atoms with Crippen LogP contribution in [0.3, 0.4) is 0 Å². The van der Waals surface area contributed by atoms with Gasteiger partial charge in [0, 0.05) is 17.3 Å². The van der Waals surface area contributed by atoms with Crippen molar-refractivity contribution in [3.8, 4) is 23.1 Å². The molecule has 0 bridgehead atoms. The van der Waals surface area contributed by atoms with Gasteiger partial charge in [0.1, 0.15) is 12.3 Å². The Kier molecular flexibility index (Phi) is 5.28. The summed E-state index contributed by atoms with van der Waals surface area (Å²) < 4.78 is 6.42. The molecule has 3 aromatic rings. The Balaban J connectivity index is 1.81. The molecule has 0 aliphatic carbocycles. The summed E-state index contributed by atoms with van der Waals surface area (Å²) in [6.45, 7) is -0.234. The first kappa shape index (κ1) is 17.9. The van der Waals surface area contributed by atoms with E-state index >= 15 is 0 Å². The van der Waals surface area contributed by atoms with Gasteiger partial charge in [-0.1, -0.05) is 12.1 Å². The maximum absolute atomic E-state index is 12.3. The lowest BCUT2D eigenvalue weighted by Crippen LogP contribution is -2.29. The normalized spacial score (nSPS) is 10.1. The summed E-state index contributed by atoms with van der Waals surface area (Å²) in [4.78, 5) is 24.3. The smallest absolute Gasteiger partial charge is 0.267 e. The molecule has 7 heteroatoms. The molecule has 1 amide bonds. The molecule has 7 nitrogen and oxygen atoms in total. The zero-order valence-electron chi connectivity index (χ0n) is 14.5. The van der Waals surface area contributed by atoms with Crippen molar-refractivity contribution in [2.75, 3.05) is 12.4 Å². The molecule has 0 spiro atoms. The number of hydrogen-bond donors (Lipinski definition) is 1. The molecule has 1 N–H and O–H groups in total. The van der Waals surface area contributed by atoms with Crippen LogP contribution in [0, 0.1) is 11.3 Å². The predicted molar refractivity (Wildman–Crippen MR) is 100 cm³/mol. The minimum atomic E-state index is -0.397. The summed E-state index contributed by atoms with van der Waals surface area (Å²) >= 11 is 0. The Morgan fingerprint density at radius 3 is 2.59 bits per heavy atom. The van der Waals surface area contributed by atoms with Crippen molar-refractivity contribution in [2.24, 2.45) is 0 Å². The average molecular weight is 360 g/mol. The number of nitrogens with zero attached hydrogens (tertiary/aromatic N) is 3. The summed E-state index contributed by atoms with van der Waals surface area (Å²) in [5, 5.41) is 15.8. The number of para-hydroxylation sites is 1. The van der Waals surface area contributed by atoms with Gasteiger partial charge in [0.2, 0.25) is 5.91 Å². The minimum Gasteiger partial charge on any atom is -0.496 e. The van der Waals surface area contributed by atoms with E-state index in [2.05, 4.69) is 10.4 Å². The largest absolute Gasteiger partial charge is 0.496 e. The van der Waals surface area contributed by atoms with Gasteiger partial charge < -0.3 is 10.1 Å². The third kappa shape index (κ3) is 4.19. The topological polar surface area (TPSA) is 97.0 Å². The van der Waals surface area contributed by atoms with Crippen LogP contribution in [0.25, 0.3) is 11.3 Å². The molecule has 0 aliphatic heterocycles. The van der Waals surface area contributed by atoms with Crippen LogP contribution in [-0.2, 0) is 11.3 Å². The van der Waals surface area contributed by atoms with E-state index in [4.69, 9.17) is 10.00 Å². The van der Waals surface area contributed by atoms with Gasteiger partial charge in [0.05, 0.1) is 24.4 Å². The first-order chi connectivity index (χ1) is 13.1. The predicted octanol–water partition coefficient (Wildman–Crippen LogP) is 2.43. The molecule has 27 heavy (non-hydrogen) atoms. The Hall–Kier alpha value is -3.92. The zero-order chi connectivity index (χ0) is 19.2. The zero-order valence-corrected chi connectivity index (χ0v) is 14.5. The molecule has 1 heterocycles. The van der Waals surface area contributed by atoms with Crippen molar-refractivity contribution in [3.05, 3.63) is 76.6 Å². The van der Waals surface area contributed by atoms with Crippen molar-refractivity contribution < 1.29 is 9.53 Å². The quantitative estimate of drug-likeness (QED) is 0.754. The lowest BCUT2D eigenvalue weighted by Gasteiger charge is -2.10. The number of amides is 1. The van der Waals surface area contributed by atoms with E-state index < -0.39 is 5.91 Å². The Morgan fingerprint density at radius 1 is 1.15 bits per heavy atom. The highest BCUT2D eigenvalue weighted by atomic mass is 16.5. The average Bonchev–Trinajstić information content (AvgIpc) is 2.70. The van der Waals surface area contributed by atoms with Gasteiger partial charge in [-0.05, 0) is 42.5 Å². The number of hydrogen-bond acceptors (Lipinski definition) is 5. The number of anilines is 1. The maximum Gasteiger partial charge on any atom is 0.267 e. The molecule has 0 unspecified atom stereocenters. The molecule has 0 atom stereocenters. The van der Waals surface area contributed by atoms with E-state index in [1.54, 1.807) is 43.5 Å². The number of rotatable bonds is 5. The van der Waals surface area contributed by atoms with Gasteiger partial charge in [-0.3, -0.25) is 9.59 Å². The standard InChI is InChI=1S/C20H16N4O3/c1-27-18-5-3-2-4-16(18)17-10-11-20(26)24(23-17)13-19(25)22-15-8-6-14(12-21)7-9-15/h2-11H,13H2,1H3,(H,22,25). The Morgan fingerprint density at radius 2 is 1.89 bits per heavy atom. The Bertz CT molecular complexity index is 1070. The number of methoxy groups -OCH3 is 1. The van der Waals surface area contributed by atoms with Gasteiger partial charge in [-0.25, -0.2) is 4.68 Å². The van der Waals surface area contributed by atoms with Crippen LogP contribution in [0.4, 0.5) is 5.69 Å². The van der Waals surface area contributed by atoms with Crippen molar-refractivity contribution >= 4 is 11.6 Å². The summed E-state index contributed by atoms with van der Waals surface area (Å²) in [5.41, 5.74) is 1.89. The minimum absolute atomic E-state index is 0.234. The van der Waals surface area contributed by atoms with Crippen LogP contribution < -0.4 is 15.6 Å². The van der Waals surface area contributed by atoms with Crippen LogP contribution in [-0.4, -0.2) is 22.8 Å². The molecule has 0 saturated carbocycles. The lowest BCUT2D eigenvalue weighted by molar-refractivity contribution is -0.117. The lowest BCUT2D eigenvalue weighted by atomic mass is 10.1. The molecule has 3 rings (SSSR count). The van der Waals surface area contributed by atoms with Crippen LogP contribution in [0.15, 0.2) is 65.5 Å². The summed E-state index contributed by atoms with van der Waals surface area (Å²) in [6, 6.07) is 18.7. The van der Waals surface area contributed by atoms with E-state index in [1.807, 2.05) is 24.3 Å². The highest BCUT2D eigenvalue weighted by Gasteiger charge is 2.11. The second-order valence-corrected chi connectivity index (χ2v) is 5.65. The second-order valence-electron chi connectivity index (χ2n) is 5.65. The number of nitrogens with one attached hydrogen (secondary N) is 1. The highest BCUT2D eigenvalue weighted by molar-refractivity contribution is 5.90. The highest BCUT2D eigenvalue weighted by Crippen LogP contribution is 2.27. The van der Waals surface area contributed by atoms with Gasteiger partial charge in [0.15, 0.2) is 0 Å². The summed E-state index contributed by atoms with van der Waals surface area (Å²) in [5.74, 6) is 0.226. The fourth-order valence-electron chi connectivity index (χ4n) is 2.53. The number of ether oxygens (including phenoxy) is 1. The molecular weight excluding hydrogens is 344 g/mol. The number of aromatic nitrogens is 2. The monoisotopic (exact) mass is 360 g/mol. The van der Waals surface area contributed by atoms with Crippen LogP contribution in [0.1, 0.15) is 5.56 Å². The summed E-state index contributed by atoms with van der Waals surface area (Å²) in [7, 11) is 1.56. The van der Waals surface area contributed by atoms with Gasteiger partial charge in [-0.2, -0.15) is 10.4 Å². The van der Waals surface area contributed by atoms with Crippen LogP contribution in [0.5, 0.6) is 5.75 Å². The number of benzene rings is 2. The van der Waals surface area contributed by atoms with Crippen LogP contribution in [0.2, 0.25) is 0 Å². The van der Waals surface area contributed by atoms with E-state index in [1.165, 1.54) is 6.07 Å². The fourth-order valence-corrected chi connectivity index (χ4v) is 2.53. The molecule has 2 aromatic carbocycles. The van der Waals surface area contributed by atoms with Gasteiger partial charge in [0.25, 0.3) is 5.56 Å². The third-order valence-corrected chi connectivity index (χ3v) is 3.84. The van der Waals surface area contributed by atoms with E-state index in [0.717, 1.165) is 10.2 Å². The maximum atomic E-state index is 12.3. The van der Waals surface area contributed by atoms with E-state index in [-0.39, 0.29) is 12.1 Å². The van der Waals surface area contributed by atoms with Crippen molar-refractivity contribution in [3.63, 3.8) is 0 Å². The molecule has 134 valence electrons. The molecule has 0 aliphatic rings. The molecule has 1 aromatic heterocycles. The molecular formula is C20H16N4O3. The number of nitriles is 1. The number of carbonyl (C=O) groups excluding carboxylic acids is 1. The third-order valence-electron chi connectivity index (χ3n) is 3.84. The first-order valence-corrected chi connectivity index (χ1v) is 8.12. The van der Waals surface area contributed by atoms with Gasteiger partial charge >= 0.3 is 0 Å². The second kappa shape index (κ2) is 7.97. The van der Waals surface area contributed by atoms with E-state index in [9.17, 15) is 9.59 Å². The van der Waals surface area contributed by atoms with Crippen LogP contribution >= 0.6 is 0 Å². The van der Waals surface area contributed by atoms with E-state index in [0.29, 0.717) is 22.7 Å². The first-order valence-electron chi connectivity index (χ1n) is 8.12. The SMILES string of the molecule is COc1ccccc1-c1ccc(=O)n(CC(=O)Nc2ccc(C#N)cc2)n1. The molecule has 0 fully saturated rings.